The van der Waals surface area contributed by atoms with Gasteiger partial charge in [-0.05, 0) is 30.3 Å². The van der Waals surface area contributed by atoms with Gasteiger partial charge in [0.25, 0.3) is 0 Å². The molecule has 226 valence electrons. The molecule has 4 heterocycles. The van der Waals surface area contributed by atoms with Crippen molar-refractivity contribution in [1.82, 2.24) is 19.4 Å². The van der Waals surface area contributed by atoms with Crippen LogP contribution < -0.4 is 15.4 Å². The highest BCUT2D eigenvalue weighted by atomic mass is 32.1. The molecule has 3 aromatic heterocycles. The highest BCUT2D eigenvalue weighted by Crippen LogP contribution is 2.33. The highest BCUT2D eigenvalue weighted by Gasteiger charge is 2.45. The summed E-state index contributed by atoms with van der Waals surface area (Å²) in [5.41, 5.74) is 2.94. The number of hydrogen-bond acceptors (Lipinski definition) is 8. The number of halogens is 4. The number of urea groups is 1. The van der Waals surface area contributed by atoms with E-state index in [1.54, 1.807) is 38.1 Å². The monoisotopic (exact) mass is 619 g/mol. The number of carbonyl (C=O) groups is 1. The van der Waals surface area contributed by atoms with Crippen LogP contribution in [0.3, 0.4) is 0 Å². The summed E-state index contributed by atoms with van der Waals surface area (Å²) < 4.78 is 80.1. The molecule has 0 spiro atoms. The number of hydrogen-bond donors (Lipinski definition) is 2. The van der Waals surface area contributed by atoms with Gasteiger partial charge in [0.15, 0.2) is 10.8 Å². The van der Waals surface area contributed by atoms with Gasteiger partial charge in [-0.3, -0.25) is 9.72 Å². The maximum atomic E-state index is 13.9. The molecular weight excluding hydrogens is 592 g/mol. The molecule has 2 N–H and O–H groups in total. The van der Waals surface area contributed by atoms with Crippen molar-refractivity contribution >= 4 is 44.1 Å². The van der Waals surface area contributed by atoms with E-state index in [4.69, 9.17) is 15.6 Å². The lowest BCUT2D eigenvalue weighted by molar-refractivity contribution is -0.292. The Kier molecular flexibility index (Phi) is 7.59. The van der Waals surface area contributed by atoms with Crippen molar-refractivity contribution in [2.75, 3.05) is 23.8 Å². The number of aromatic nitrogens is 3. The van der Waals surface area contributed by atoms with Crippen LogP contribution in [0, 0.1) is 0 Å². The van der Waals surface area contributed by atoms with E-state index in [0.29, 0.717) is 32.8 Å². The standard InChI is InChI=1S/C28H26F4N6O4S/c1-14(2)20-12-22(36-42-20)35-27(39)33-16-5-3-15(4-6-16)18-13-38-19-8-7-17(11-21(19)43-28(38)34-18)40-10-9-37-23(29)25(31)41-26(32)24(37)30/h3-8,11-14,23-26H,9-10H2,1-2H3,(H2,33,35,36,39)/i14D. The van der Waals surface area contributed by atoms with Crippen LogP contribution in [0.2, 0.25) is 0 Å². The Morgan fingerprint density at radius 3 is 2.53 bits per heavy atom. The van der Waals surface area contributed by atoms with Crippen LogP contribution in [0.15, 0.2) is 59.3 Å². The van der Waals surface area contributed by atoms with Gasteiger partial charge in [0.05, 0.1) is 15.9 Å². The third-order valence-corrected chi connectivity index (χ3v) is 7.71. The third kappa shape index (κ3) is 6.00. The Labute approximate surface area is 247 Å². The van der Waals surface area contributed by atoms with Crippen molar-refractivity contribution in [2.24, 2.45) is 0 Å². The summed E-state index contributed by atoms with van der Waals surface area (Å²) in [5.74, 6) is -0.0361. The molecule has 15 heteroatoms. The van der Waals surface area contributed by atoms with Gasteiger partial charge in [-0.25, -0.2) is 32.2 Å². The number of benzene rings is 2. The SMILES string of the molecule is [2H]C(C)(C)c1cc(NC(=O)Nc2ccc(-c3cn4c(n3)sc3cc(OCCN5C(F)C(F)OC(F)C5F)ccc34)cc2)no1. The van der Waals surface area contributed by atoms with Crippen LogP contribution in [0.4, 0.5) is 33.9 Å². The highest BCUT2D eigenvalue weighted by molar-refractivity contribution is 7.23. The van der Waals surface area contributed by atoms with Crippen molar-refractivity contribution in [2.45, 2.75) is 45.0 Å². The number of thiazole rings is 1. The summed E-state index contributed by atoms with van der Waals surface area (Å²) >= 11 is 1.40. The first-order valence-electron chi connectivity index (χ1n) is 13.6. The third-order valence-electron chi connectivity index (χ3n) is 6.69. The summed E-state index contributed by atoms with van der Waals surface area (Å²) in [5, 5.41) is 9.05. The second-order valence-electron chi connectivity index (χ2n) is 9.91. The molecule has 1 fully saturated rings. The molecule has 43 heavy (non-hydrogen) atoms. The van der Waals surface area contributed by atoms with Crippen LogP contribution in [-0.2, 0) is 4.74 Å². The van der Waals surface area contributed by atoms with Crippen molar-refractivity contribution in [3.63, 3.8) is 0 Å². The van der Waals surface area contributed by atoms with E-state index in [-0.39, 0.29) is 19.0 Å². The lowest BCUT2D eigenvalue weighted by atomic mass is 10.1. The second kappa shape index (κ2) is 11.8. The van der Waals surface area contributed by atoms with Gasteiger partial charge in [-0.15, -0.1) is 0 Å². The number of morpholine rings is 1. The number of nitrogens with one attached hydrogen (secondary N) is 2. The predicted octanol–water partition coefficient (Wildman–Crippen LogP) is 6.86. The molecule has 5 aromatic rings. The zero-order valence-corrected chi connectivity index (χ0v) is 23.6. The quantitative estimate of drug-likeness (QED) is 0.144. The largest absolute Gasteiger partial charge is 0.492 e. The fourth-order valence-corrected chi connectivity index (χ4v) is 5.53. The van der Waals surface area contributed by atoms with Crippen LogP contribution in [0.1, 0.15) is 26.9 Å². The van der Waals surface area contributed by atoms with Gasteiger partial charge in [0, 0.05) is 37.3 Å². The molecule has 2 amide bonds. The van der Waals surface area contributed by atoms with E-state index in [9.17, 15) is 22.4 Å². The molecule has 0 bridgehead atoms. The number of anilines is 2. The van der Waals surface area contributed by atoms with Gasteiger partial charge in [-0.2, -0.15) is 0 Å². The summed E-state index contributed by atoms with van der Waals surface area (Å²) in [6.45, 7) is 2.72. The topological polar surface area (TPSA) is 106 Å². The van der Waals surface area contributed by atoms with Crippen LogP contribution in [-0.4, -0.2) is 63.9 Å². The van der Waals surface area contributed by atoms with Crippen molar-refractivity contribution in [3.8, 4) is 17.0 Å². The molecular formula is C28H26F4N6O4S. The summed E-state index contributed by atoms with van der Waals surface area (Å²) in [4.78, 5) is 18.2. The lowest BCUT2D eigenvalue weighted by Gasteiger charge is -2.36. The number of ether oxygens (including phenoxy) is 2. The van der Waals surface area contributed by atoms with Gasteiger partial charge in [0.1, 0.15) is 18.1 Å². The van der Waals surface area contributed by atoms with E-state index in [1.165, 1.54) is 17.4 Å². The number of nitrogens with zero attached hydrogens (tertiary/aromatic N) is 4. The predicted molar refractivity (Wildman–Crippen MR) is 152 cm³/mol. The Bertz CT molecular complexity index is 1780. The number of amides is 2. The Morgan fingerprint density at radius 2 is 1.84 bits per heavy atom. The first-order valence-corrected chi connectivity index (χ1v) is 14.0. The van der Waals surface area contributed by atoms with E-state index < -0.39 is 37.2 Å². The summed E-state index contributed by atoms with van der Waals surface area (Å²) in [6.07, 6.45) is -8.15. The molecule has 4 atom stereocenters. The number of imidazole rings is 1. The number of carbonyl (C=O) groups excluding carboxylic acids is 1. The summed E-state index contributed by atoms with van der Waals surface area (Å²) in [6, 6.07) is 13.3. The molecule has 0 saturated carbocycles. The van der Waals surface area contributed by atoms with Crippen molar-refractivity contribution in [3.05, 3.63) is 60.5 Å². The minimum absolute atomic E-state index is 0.198. The first kappa shape index (κ1) is 27.6. The Morgan fingerprint density at radius 1 is 1.09 bits per heavy atom. The zero-order chi connectivity index (χ0) is 31.2. The molecule has 1 saturated heterocycles. The number of fused-ring (bicyclic) bond motifs is 3. The van der Waals surface area contributed by atoms with Gasteiger partial charge >= 0.3 is 6.03 Å². The van der Waals surface area contributed by atoms with Gasteiger partial charge in [-0.1, -0.05) is 42.5 Å². The summed E-state index contributed by atoms with van der Waals surface area (Å²) in [7, 11) is 0. The normalized spacial score (nSPS) is 21.7. The number of alkyl halides is 4. The minimum Gasteiger partial charge on any atom is -0.492 e. The average Bonchev–Trinajstić information content (AvgIpc) is 3.69. The van der Waals surface area contributed by atoms with Crippen LogP contribution in [0.25, 0.3) is 26.4 Å². The maximum absolute atomic E-state index is 13.9. The van der Waals surface area contributed by atoms with Crippen LogP contribution >= 0.6 is 11.3 Å². The lowest BCUT2D eigenvalue weighted by Crippen LogP contribution is -2.56. The van der Waals surface area contributed by atoms with Gasteiger partial charge < -0.3 is 19.3 Å². The maximum Gasteiger partial charge on any atom is 0.324 e. The Hall–Kier alpha value is -4.21. The molecule has 10 nitrogen and oxygen atoms in total. The molecule has 4 unspecified atom stereocenters. The second-order valence-corrected chi connectivity index (χ2v) is 10.9. The smallest absolute Gasteiger partial charge is 0.324 e. The molecule has 1 aliphatic heterocycles. The van der Waals surface area contributed by atoms with E-state index in [0.717, 1.165) is 15.8 Å². The molecule has 2 aromatic carbocycles. The molecule has 1 aliphatic rings. The average molecular weight is 620 g/mol. The van der Waals surface area contributed by atoms with Crippen molar-refractivity contribution < 1.29 is 37.7 Å². The molecule has 6 rings (SSSR count). The van der Waals surface area contributed by atoms with Gasteiger partial charge in [0.2, 0.25) is 25.3 Å². The minimum atomic E-state index is -2.58. The van der Waals surface area contributed by atoms with Crippen LogP contribution in [0.5, 0.6) is 5.75 Å². The Balaban J connectivity index is 1.07. The molecule has 0 aliphatic carbocycles. The van der Waals surface area contributed by atoms with E-state index in [2.05, 4.69) is 20.5 Å². The fraction of sp³-hybridized carbons (Fsp3) is 0.321. The molecule has 0 radical (unpaired) electrons. The fourth-order valence-electron chi connectivity index (χ4n) is 4.49. The first-order chi connectivity index (χ1) is 21.0. The zero-order valence-electron chi connectivity index (χ0n) is 23.8. The van der Waals surface area contributed by atoms with E-state index in [1.807, 2.05) is 28.8 Å². The number of rotatable bonds is 8. The van der Waals surface area contributed by atoms with Crippen molar-refractivity contribution in [1.29, 1.82) is 0 Å². The van der Waals surface area contributed by atoms with E-state index >= 15 is 0 Å².